The van der Waals surface area contributed by atoms with Gasteiger partial charge in [-0.2, -0.15) is 0 Å². The van der Waals surface area contributed by atoms with Crippen molar-refractivity contribution in [3.8, 4) is 0 Å². The molecule has 1 heterocycles. The molecule has 0 aliphatic heterocycles. The number of benzene rings is 2. The number of fused-ring (bicyclic) bond motifs is 1. The van der Waals surface area contributed by atoms with Crippen LogP contribution in [0.15, 0.2) is 36.4 Å². The Kier molecular flexibility index (Phi) is 4.71. The summed E-state index contributed by atoms with van der Waals surface area (Å²) in [5, 5.41) is 3.79. The van der Waals surface area contributed by atoms with Gasteiger partial charge >= 0.3 is 5.97 Å². The summed E-state index contributed by atoms with van der Waals surface area (Å²) in [5.41, 5.74) is 1.35. The predicted octanol–water partition coefficient (Wildman–Crippen LogP) is 4.64. The van der Waals surface area contributed by atoms with Gasteiger partial charge in [0, 0.05) is 5.02 Å². The molecule has 0 aliphatic rings. The molecule has 0 aliphatic carbocycles. The third kappa shape index (κ3) is 3.36. The zero-order valence-corrected chi connectivity index (χ0v) is 14.6. The largest absolute Gasteiger partial charge is 0.465 e. The molecule has 5 nitrogen and oxygen atoms in total. The smallest absolute Gasteiger partial charge is 0.337 e. The highest BCUT2D eigenvalue weighted by Crippen LogP contribution is 2.28. The summed E-state index contributed by atoms with van der Waals surface area (Å²) in [6.07, 6.45) is 0. The standard InChI is InChI=1S/C16H10Cl2N2O3S/c1-23-15(22)8-2-5-12-13(6-8)24-16(19-12)20-14(21)10-7-9(17)3-4-11(10)18/h2-7H,1H3,(H,19,20,21). The van der Waals surface area contributed by atoms with Crippen LogP contribution in [-0.2, 0) is 4.74 Å². The molecule has 0 spiro atoms. The summed E-state index contributed by atoms with van der Waals surface area (Å²) in [6.45, 7) is 0. The zero-order chi connectivity index (χ0) is 17.3. The molecule has 1 amide bonds. The summed E-state index contributed by atoms with van der Waals surface area (Å²) < 4.78 is 5.44. The highest BCUT2D eigenvalue weighted by atomic mass is 35.5. The second-order valence-corrected chi connectivity index (χ2v) is 6.65. The Labute approximate surface area is 151 Å². The van der Waals surface area contributed by atoms with Gasteiger partial charge in [0.1, 0.15) is 0 Å². The average molecular weight is 381 g/mol. The Hall–Kier alpha value is -2.15. The minimum absolute atomic E-state index is 0.263. The first-order chi connectivity index (χ1) is 11.5. The van der Waals surface area contributed by atoms with Crippen molar-refractivity contribution in [2.45, 2.75) is 0 Å². The van der Waals surface area contributed by atoms with Gasteiger partial charge in [0.15, 0.2) is 5.13 Å². The summed E-state index contributed by atoms with van der Waals surface area (Å²) >= 11 is 13.2. The van der Waals surface area contributed by atoms with Gasteiger partial charge in [-0.15, -0.1) is 0 Å². The number of hydrogen-bond acceptors (Lipinski definition) is 5. The molecule has 0 bridgehead atoms. The van der Waals surface area contributed by atoms with Crippen LogP contribution in [0.3, 0.4) is 0 Å². The van der Waals surface area contributed by atoms with E-state index in [-0.39, 0.29) is 5.56 Å². The van der Waals surface area contributed by atoms with Crippen molar-refractivity contribution in [2.75, 3.05) is 12.4 Å². The SMILES string of the molecule is COC(=O)c1ccc2nc(NC(=O)c3cc(Cl)ccc3Cl)sc2c1. The van der Waals surface area contributed by atoms with E-state index in [0.717, 1.165) is 4.70 Å². The molecule has 0 fully saturated rings. The lowest BCUT2D eigenvalue weighted by Gasteiger charge is -2.04. The lowest BCUT2D eigenvalue weighted by atomic mass is 10.2. The van der Waals surface area contributed by atoms with Gasteiger partial charge in [-0.05, 0) is 36.4 Å². The first-order valence-electron chi connectivity index (χ1n) is 6.73. The van der Waals surface area contributed by atoms with Gasteiger partial charge in [-0.25, -0.2) is 9.78 Å². The third-order valence-electron chi connectivity index (χ3n) is 3.20. The number of ether oxygens (including phenoxy) is 1. The van der Waals surface area contributed by atoms with E-state index in [9.17, 15) is 9.59 Å². The van der Waals surface area contributed by atoms with E-state index in [0.29, 0.717) is 26.3 Å². The Bertz CT molecular complexity index is 956. The highest BCUT2D eigenvalue weighted by Gasteiger charge is 2.15. The topological polar surface area (TPSA) is 68.3 Å². The molecular weight excluding hydrogens is 371 g/mol. The van der Waals surface area contributed by atoms with Crippen molar-refractivity contribution in [1.29, 1.82) is 0 Å². The maximum Gasteiger partial charge on any atom is 0.337 e. The Morgan fingerprint density at radius 3 is 2.71 bits per heavy atom. The third-order valence-corrected chi connectivity index (χ3v) is 4.70. The fraction of sp³-hybridized carbons (Fsp3) is 0.0625. The van der Waals surface area contributed by atoms with Crippen LogP contribution in [0, 0.1) is 0 Å². The van der Waals surface area contributed by atoms with Gasteiger partial charge in [-0.1, -0.05) is 34.5 Å². The van der Waals surface area contributed by atoms with E-state index in [2.05, 4.69) is 15.0 Å². The molecule has 122 valence electrons. The first-order valence-corrected chi connectivity index (χ1v) is 8.30. The number of anilines is 1. The van der Waals surface area contributed by atoms with Crippen molar-refractivity contribution < 1.29 is 14.3 Å². The molecule has 24 heavy (non-hydrogen) atoms. The van der Waals surface area contributed by atoms with Crippen molar-refractivity contribution in [1.82, 2.24) is 4.98 Å². The number of aromatic nitrogens is 1. The Morgan fingerprint density at radius 2 is 1.96 bits per heavy atom. The number of amides is 1. The van der Waals surface area contributed by atoms with Crippen molar-refractivity contribution >= 4 is 61.8 Å². The second-order valence-electron chi connectivity index (χ2n) is 4.77. The molecule has 3 aromatic rings. The van der Waals surface area contributed by atoms with Crippen LogP contribution in [0.4, 0.5) is 5.13 Å². The molecule has 0 saturated heterocycles. The zero-order valence-electron chi connectivity index (χ0n) is 12.3. The molecule has 1 aromatic heterocycles. The van der Waals surface area contributed by atoms with E-state index >= 15 is 0 Å². The number of esters is 1. The minimum atomic E-state index is -0.429. The van der Waals surface area contributed by atoms with Gasteiger partial charge < -0.3 is 4.74 Å². The maximum atomic E-state index is 12.3. The van der Waals surface area contributed by atoms with Crippen molar-refractivity contribution in [3.63, 3.8) is 0 Å². The second kappa shape index (κ2) is 6.76. The van der Waals surface area contributed by atoms with Crippen LogP contribution >= 0.6 is 34.5 Å². The quantitative estimate of drug-likeness (QED) is 0.671. The Morgan fingerprint density at radius 1 is 1.17 bits per heavy atom. The van der Waals surface area contributed by atoms with E-state index in [1.165, 1.54) is 24.5 Å². The number of carbonyl (C=O) groups is 2. The van der Waals surface area contributed by atoms with E-state index < -0.39 is 11.9 Å². The molecule has 1 N–H and O–H groups in total. The molecule has 0 unspecified atom stereocenters. The summed E-state index contributed by atoms with van der Waals surface area (Å²) in [6, 6.07) is 9.63. The Balaban J connectivity index is 1.88. The average Bonchev–Trinajstić information content (AvgIpc) is 2.97. The summed E-state index contributed by atoms with van der Waals surface area (Å²) in [5.74, 6) is -0.837. The van der Waals surface area contributed by atoms with Crippen molar-refractivity contribution in [3.05, 3.63) is 57.6 Å². The molecule has 8 heteroatoms. The minimum Gasteiger partial charge on any atom is -0.465 e. The molecule has 3 rings (SSSR count). The van der Waals surface area contributed by atoms with E-state index in [1.54, 1.807) is 30.3 Å². The van der Waals surface area contributed by atoms with Gasteiger partial charge in [-0.3, -0.25) is 10.1 Å². The number of carbonyl (C=O) groups excluding carboxylic acids is 2. The molecule has 2 aromatic carbocycles. The molecule has 0 atom stereocenters. The predicted molar refractivity (Wildman–Crippen MR) is 95.4 cm³/mol. The van der Waals surface area contributed by atoms with E-state index in [4.69, 9.17) is 23.2 Å². The summed E-state index contributed by atoms with van der Waals surface area (Å²) in [7, 11) is 1.32. The lowest BCUT2D eigenvalue weighted by Crippen LogP contribution is -2.12. The normalized spacial score (nSPS) is 10.6. The monoisotopic (exact) mass is 380 g/mol. The highest BCUT2D eigenvalue weighted by molar-refractivity contribution is 7.22. The number of rotatable bonds is 3. The van der Waals surface area contributed by atoms with Crippen LogP contribution in [0.25, 0.3) is 10.2 Å². The lowest BCUT2D eigenvalue weighted by molar-refractivity contribution is 0.0601. The van der Waals surface area contributed by atoms with Gasteiger partial charge in [0.2, 0.25) is 0 Å². The van der Waals surface area contributed by atoms with Crippen LogP contribution in [0.2, 0.25) is 10.0 Å². The van der Waals surface area contributed by atoms with Gasteiger partial charge in [0.25, 0.3) is 5.91 Å². The number of hydrogen-bond donors (Lipinski definition) is 1. The number of methoxy groups -OCH3 is 1. The molecule has 0 radical (unpaired) electrons. The first kappa shape index (κ1) is 16.7. The number of thiazole rings is 1. The van der Waals surface area contributed by atoms with Crippen LogP contribution in [0.1, 0.15) is 20.7 Å². The van der Waals surface area contributed by atoms with Crippen LogP contribution in [0.5, 0.6) is 0 Å². The van der Waals surface area contributed by atoms with Crippen LogP contribution in [-0.4, -0.2) is 24.0 Å². The molecular formula is C16H10Cl2N2O3S. The van der Waals surface area contributed by atoms with Crippen LogP contribution < -0.4 is 5.32 Å². The maximum absolute atomic E-state index is 12.3. The number of halogens is 2. The van der Waals surface area contributed by atoms with E-state index in [1.807, 2.05) is 0 Å². The summed E-state index contributed by atoms with van der Waals surface area (Å²) in [4.78, 5) is 28.2. The number of nitrogens with zero attached hydrogens (tertiary/aromatic N) is 1. The fourth-order valence-corrected chi connectivity index (χ4v) is 3.33. The number of nitrogens with one attached hydrogen (secondary N) is 1. The molecule has 0 saturated carbocycles. The van der Waals surface area contributed by atoms with Crippen molar-refractivity contribution in [2.24, 2.45) is 0 Å². The fourth-order valence-electron chi connectivity index (χ4n) is 2.06. The van der Waals surface area contributed by atoms with Gasteiger partial charge in [0.05, 0.1) is 33.5 Å².